The average Bonchev–Trinajstić information content (AvgIpc) is 3.16. The number of aryl methyl sites for hydroxylation is 2. The van der Waals surface area contributed by atoms with E-state index in [1.165, 1.54) is 12.0 Å². The number of carbonyl (C=O) groups is 3. The van der Waals surface area contributed by atoms with E-state index < -0.39 is 23.3 Å². The molecule has 2 aromatic carbocycles. The summed E-state index contributed by atoms with van der Waals surface area (Å²) >= 11 is 0. The van der Waals surface area contributed by atoms with Crippen LogP contribution in [-0.4, -0.2) is 30.4 Å². The van der Waals surface area contributed by atoms with E-state index in [0.29, 0.717) is 5.69 Å². The first-order chi connectivity index (χ1) is 13.8. The van der Waals surface area contributed by atoms with Gasteiger partial charge < -0.3 is 10.1 Å². The number of esters is 1. The molecule has 2 fully saturated rings. The van der Waals surface area contributed by atoms with Crippen molar-refractivity contribution in [2.45, 2.75) is 32.4 Å². The molecule has 29 heavy (non-hydrogen) atoms. The SMILES string of the molecule is COC(=O)[C@]1(C)[NH2+][C@H](c2ccccc2C)[C@@H]2C(=O)N(c3ccc(C)cc3)C(=O)[C@H]21. The zero-order chi connectivity index (χ0) is 20.9. The van der Waals surface area contributed by atoms with Crippen molar-refractivity contribution in [1.29, 1.82) is 0 Å². The van der Waals surface area contributed by atoms with E-state index in [1.54, 1.807) is 19.1 Å². The van der Waals surface area contributed by atoms with Gasteiger partial charge in [-0.05, 0) is 31.5 Å². The highest BCUT2D eigenvalue weighted by molar-refractivity contribution is 6.23. The third-order valence-electron chi connectivity index (χ3n) is 6.37. The summed E-state index contributed by atoms with van der Waals surface area (Å²) in [6.45, 7) is 5.63. The zero-order valence-corrected chi connectivity index (χ0v) is 17.0. The lowest BCUT2D eigenvalue weighted by Crippen LogP contribution is -2.97. The van der Waals surface area contributed by atoms with Gasteiger partial charge in [0, 0.05) is 12.5 Å². The predicted molar refractivity (Wildman–Crippen MR) is 107 cm³/mol. The van der Waals surface area contributed by atoms with Crippen LogP contribution in [0, 0.1) is 25.7 Å². The minimum atomic E-state index is -1.17. The van der Waals surface area contributed by atoms with Gasteiger partial charge in [-0.15, -0.1) is 0 Å². The van der Waals surface area contributed by atoms with Gasteiger partial charge in [0.2, 0.25) is 17.4 Å². The van der Waals surface area contributed by atoms with Gasteiger partial charge in [-0.2, -0.15) is 0 Å². The van der Waals surface area contributed by atoms with Crippen molar-refractivity contribution in [3.63, 3.8) is 0 Å². The average molecular weight is 393 g/mol. The molecule has 2 saturated heterocycles. The Kier molecular flexibility index (Phi) is 4.54. The maximum absolute atomic E-state index is 13.5. The van der Waals surface area contributed by atoms with E-state index in [0.717, 1.165) is 16.7 Å². The maximum atomic E-state index is 13.5. The quantitative estimate of drug-likeness (QED) is 0.635. The molecule has 0 aromatic heterocycles. The van der Waals surface area contributed by atoms with Crippen LogP contribution in [0.25, 0.3) is 0 Å². The smallest absolute Gasteiger partial charge is 0.368 e. The minimum Gasteiger partial charge on any atom is -0.464 e. The van der Waals surface area contributed by atoms with Gasteiger partial charge in [-0.25, -0.2) is 9.69 Å². The highest BCUT2D eigenvalue weighted by Crippen LogP contribution is 2.46. The standard InChI is InChI=1S/C23H24N2O4/c1-13-9-11-15(12-10-13)25-20(26)17-18(21(25)27)23(3,22(28)29-4)24-19(17)16-8-6-5-7-14(16)2/h5-12,17-19,24H,1-4H3/p+1/t17-,18+,19-,23-/m1/s1. The number of benzene rings is 2. The Hall–Kier alpha value is -2.99. The second kappa shape index (κ2) is 6.81. The van der Waals surface area contributed by atoms with Crippen LogP contribution in [0.2, 0.25) is 0 Å². The van der Waals surface area contributed by atoms with E-state index in [2.05, 4.69) is 0 Å². The summed E-state index contributed by atoms with van der Waals surface area (Å²) in [5, 5.41) is 1.85. The molecule has 2 aromatic rings. The van der Waals surface area contributed by atoms with Crippen molar-refractivity contribution >= 4 is 23.5 Å². The Morgan fingerprint density at radius 2 is 1.69 bits per heavy atom. The highest BCUT2D eigenvalue weighted by Gasteiger charge is 2.70. The molecular formula is C23H25N2O4+. The number of amides is 2. The molecule has 0 aliphatic carbocycles. The normalized spacial score (nSPS) is 28.6. The highest BCUT2D eigenvalue weighted by atomic mass is 16.5. The summed E-state index contributed by atoms with van der Waals surface area (Å²) in [5.41, 5.74) is 2.39. The number of hydrogen-bond donors (Lipinski definition) is 1. The summed E-state index contributed by atoms with van der Waals surface area (Å²) in [7, 11) is 1.32. The molecule has 6 nitrogen and oxygen atoms in total. The van der Waals surface area contributed by atoms with E-state index in [9.17, 15) is 14.4 Å². The van der Waals surface area contributed by atoms with Crippen LogP contribution < -0.4 is 10.2 Å². The molecule has 6 heteroatoms. The molecule has 0 spiro atoms. The van der Waals surface area contributed by atoms with Gasteiger partial charge in [-0.1, -0.05) is 42.0 Å². The maximum Gasteiger partial charge on any atom is 0.368 e. The largest absolute Gasteiger partial charge is 0.464 e. The van der Waals surface area contributed by atoms with Crippen LogP contribution in [0.15, 0.2) is 48.5 Å². The topological polar surface area (TPSA) is 80.3 Å². The third kappa shape index (κ3) is 2.78. The number of fused-ring (bicyclic) bond motifs is 1. The van der Waals surface area contributed by atoms with Crippen molar-refractivity contribution < 1.29 is 24.4 Å². The first-order valence-corrected chi connectivity index (χ1v) is 9.74. The molecule has 0 unspecified atom stereocenters. The van der Waals surface area contributed by atoms with E-state index in [4.69, 9.17) is 4.74 Å². The van der Waals surface area contributed by atoms with E-state index in [-0.39, 0.29) is 17.9 Å². The van der Waals surface area contributed by atoms with Crippen LogP contribution in [-0.2, 0) is 19.1 Å². The lowest BCUT2D eigenvalue weighted by atomic mass is 9.80. The van der Waals surface area contributed by atoms with Crippen LogP contribution in [0.3, 0.4) is 0 Å². The van der Waals surface area contributed by atoms with Crippen molar-refractivity contribution in [1.82, 2.24) is 0 Å². The Balaban J connectivity index is 1.84. The van der Waals surface area contributed by atoms with Gasteiger partial charge in [0.25, 0.3) is 0 Å². The van der Waals surface area contributed by atoms with Crippen LogP contribution in [0.4, 0.5) is 5.69 Å². The molecule has 2 N–H and O–H groups in total. The Labute approximate surface area is 169 Å². The molecule has 0 radical (unpaired) electrons. The van der Waals surface area contributed by atoms with Crippen LogP contribution in [0.5, 0.6) is 0 Å². The molecule has 0 saturated carbocycles. The number of rotatable bonds is 3. The monoisotopic (exact) mass is 393 g/mol. The van der Waals surface area contributed by atoms with Gasteiger partial charge in [0.1, 0.15) is 17.9 Å². The first kappa shape index (κ1) is 19.3. The molecule has 2 amide bonds. The van der Waals surface area contributed by atoms with Crippen LogP contribution in [0.1, 0.15) is 29.7 Å². The fourth-order valence-corrected chi connectivity index (χ4v) is 4.87. The van der Waals surface area contributed by atoms with Gasteiger partial charge in [0.15, 0.2) is 0 Å². The number of nitrogens with two attached hydrogens (primary N) is 1. The number of anilines is 1. The van der Waals surface area contributed by atoms with Crippen LogP contribution >= 0.6 is 0 Å². The lowest BCUT2D eigenvalue weighted by molar-refractivity contribution is -0.730. The number of methoxy groups -OCH3 is 1. The second-order valence-electron chi connectivity index (χ2n) is 8.17. The first-order valence-electron chi connectivity index (χ1n) is 9.74. The van der Waals surface area contributed by atoms with Crippen molar-refractivity contribution in [2.75, 3.05) is 12.0 Å². The third-order valence-corrected chi connectivity index (χ3v) is 6.37. The summed E-state index contributed by atoms with van der Waals surface area (Å²) in [6.07, 6.45) is 0. The summed E-state index contributed by atoms with van der Waals surface area (Å²) in [5.74, 6) is -2.51. The number of hydrogen-bond acceptors (Lipinski definition) is 4. The number of carbonyl (C=O) groups excluding carboxylic acids is 3. The Morgan fingerprint density at radius 3 is 2.31 bits per heavy atom. The second-order valence-corrected chi connectivity index (χ2v) is 8.17. The van der Waals surface area contributed by atoms with Gasteiger partial charge in [0.05, 0.1) is 12.8 Å². The molecule has 0 bridgehead atoms. The van der Waals surface area contributed by atoms with Crippen molar-refractivity contribution in [3.8, 4) is 0 Å². The fourth-order valence-electron chi connectivity index (χ4n) is 4.87. The van der Waals surface area contributed by atoms with Gasteiger partial charge in [-0.3, -0.25) is 9.59 Å². The number of ether oxygens (including phenoxy) is 1. The zero-order valence-electron chi connectivity index (χ0n) is 17.0. The molecule has 150 valence electrons. The molecule has 2 heterocycles. The lowest BCUT2D eigenvalue weighted by Gasteiger charge is -2.26. The summed E-state index contributed by atoms with van der Waals surface area (Å²) in [6, 6.07) is 14.7. The summed E-state index contributed by atoms with van der Waals surface area (Å²) in [4.78, 5) is 41.0. The molecule has 4 rings (SSSR count). The Morgan fingerprint density at radius 1 is 1.03 bits per heavy atom. The van der Waals surface area contributed by atoms with Gasteiger partial charge >= 0.3 is 5.97 Å². The van der Waals surface area contributed by atoms with Crippen molar-refractivity contribution in [3.05, 3.63) is 65.2 Å². The molecular weight excluding hydrogens is 368 g/mol. The van der Waals surface area contributed by atoms with E-state index >= 15 is 0 Å². The molecule has 2 aliphatic heterocycles. The predicted octanol–water partition coefficient (Wildman–Crippen LogP) is 1.66. The number of nitrogens with zero attached hydrogens (tertiary/aromatic N) is 1. The van der Waals surface area contributed by atoms with Crippen molar-refractivity contribution in [2.24, 2.45) is 11.8 Å². The summed E-state index contributed by atoms with van der Waals surface area (Å²) < 4.78 is 5.05. The fraction of sp³-hybridized carbons (Fsp3) is 0.348. The minimum absolute atomic E-state index is 0.263. The number of quaternary nitrogens is 1. The van der Waals surface area contributed by atoms with E-state index in [1.807, 2.05) is 55.6 Å². The molecule has 2 aliphatic rings. The molecule has 4 atom stereocenters. The Bertz CT molecular complexity index is 1000. The number of imide groups is 1.